The quantitative estimate of drug-likeness (QED) is 0.333. The number of amides is 1. The van der Waals surface area contributed by atoms with E-state index >= 15 is 0 Å². The molecular weight excluding hydrogens is 452 g/mol. The average molecular weight is 475 g/mol. The van der Waals surface area contributed by atoms with Gasteiger partial charge in [0.2, 0.25) is 6.79 Å². The largest absolute Gasteiger partial charge is 0.454 e. The predicted molar refractivity (Wildman–Crippen MR) is 129 cm³/mol. The van der Waals surface area contributed by atoms with Gasteiger partial charge in [-0.1, -0.05) is 46.6 Å². The second-order valence-electron chi connectivity index (χ2n) is 8.36. The van der Waals surface area contributed by atoms with E-state index in [9.17, 15) is 4.79 Å². The second-order valence-corrected chi connectivity index (χ2v) is 8.79. The summed E-state index contributed by atoms with van der Waals surface area (Å²) in [5.41, 5.74) is 5.41. The van der Waals surface area contributed by atoms with Gasteiger partial charge in [0.05, 0.1) is 6.54 Å². The highest BCUT2D eigenvalue weighted by Crippen LogP contribution is 2.33. The van der Waals surface area contributed by atoms with Crippen LogP contribution in [0.3, 0.4) is 0 Å². The maximum atomic E-state index is 13.4. The Morgan fingerprint density at radius 1 is 0.941 bits per heavy atom. The van der Waals surface area contributed by atoms with Crippen LogP contribution in [-0.2, 0) is 13.1 Å². The molecule has 1 aliphatic rings. The number of carbonyl (C=O) groups excluding carboxylic acids is 1. The van der Waals surface area contributed by atoms with Gasteiger partial charge in [0, 0.05) is 28.8 Å². The first-order chi connectivity index (χ1) is 16.5. The Hall–Kier alpha value is -3.77. The Morgan fingerprint density at radius 2 is 1.74 bits per heavy atom. The summed E-state index contributed by atoms with van der Waals surface area (Å²) in [6, 6.07) is 20.6. The summed E-state index contributed by atoms with van der Waals surface area (Å²) in [6.07, 6.45) is 0. The fourth-order valence-electron chi connectivity index (χ4n) is 4.03. The maximum absolute atomic E-state index is 13.4. The minimum absolute atomic E-state index is 0.134. The molecule has 0 N–H and O–H groups in total. The fraction of sp³-hybridized carbons (Fsp3) is 0.185. The zero-order chi connectivity index (χ0) is 23.7. The Bertz CT molecular complexity index is 1350. The van der Waals surface area contributed by atoms with Crippen molar-refractivity contribution in [3.8, 4) is 22.8 Å². The summed E-state index contributed by atoms with van der Waals surface area (Å²) in [5, 5.41) is 4.83. The van der Waals surface area contributed by atoms with Gasteiger partial charge in [-0.05, 0) is 61.4 Å². The van der Waals surface area contributed by atoms with Gasteiger partial charge in [0.25, 0.3) is 5.91 Å². The highest BCUT2D eigenvalue weighted by atomic mass is 35.5. The highest BCUT2D eigenvalue weighted by Gasteiger charge is 2.21. The molecule has 4 aromatic rings. The standard InChI is InChI=1S/C27H23ClN2O4/c1-17-3-9-23(18(2)11-17)25-13-22(29-34-25)15-30(27(31)20-5-7-21(28)8-6-20)14-19-4-10-24-26(12-19)33-16-32-24/h3-13H,14-16H2,1-2H3. The van der Waals surface area contributed by atoms with E-state index in [1.54, 1.807) is 29.2 Å². The van der Waals surface area contributed by atoms with Gasteiger partial charge in [0.1, 0.15) is 5.69 Å². The van der Waals surface area contributed by atoms with Gasteiger partial charge in [-0.15, -0.1) is 0 Å². The monoisotopic (exact) mass is 474 g/mol. The van der Waals surface area contributed by atoms with E-state index in [2.05, 4.69) is 18.1 Å². The van der Waals surface area contributed by atoms with Crippen LogP contribution in [0.15, 0.2) is 71.3 Å². The van der Waals surface area contributed by atoms with E-state index < -0.39 is 0 Å². The number of hydrogen-bond donors (Lipinski definition) is 0. The predicted octanol–water partition coefficient (Wildman–Crippen LogP) is 6.18. The molecule has 0 atom stereocenters. The number of nitrogens with zero attached hydrogens (tertiary/aromatic N) is 2. The molecule has 0 spiro atoms. The molecule has 0 radical (unpaired) electrons. The SMILES string of the molecule is Cc1ccc(-c2cc(CN(Cc3ccc4c(c3)OCO4)C(=O)c3ccc(Cl)cc3)no2)c(C)c1. The smallest absolute Gasteiger partial charge is 0.254 e. The molecule has 0 unspecified atom stereocenters. The van der Waals surface area contributed by atoms with E-state index in [-0.39, 0.29) is 19.2 Å². The van der Waals surface area contributed by atoms with Crippen molar-refractivity contribution in [3.63, 3.8) is 0 Å². The van der Waals surface area contributed by atoms with Crippen LogP contribution in [-0.4, -0.2) is 22.8 Å². The van der Waals surface area contributed by atoms with Crippen LogP contribution in [0.25, 0.3) is 11.3 Å². The van der Waals surface area contributed by atoms with Gasteiger partial charge in [-0.25, -0.2) is 0 Å². The number of aromatic nitrogens is 1. The number of benzene rings is 3. The van der Waals surface area contributed by atoms with Crippen molar-refractivity contribution in [1.82, 2.24) is 10.1 Å². The molecule has 0 aliphatic carbocycles. The number of carbonyl (C=O) groups is 1. The molecule has 5 rings (SSSR count). The third kappa shape index (κ3) is 4.63. The van der Waals surface area contributed by atoms with Crippen molar-refractivity contribution in [2.24, 2.45) is 0 Å². The van der Waals surface area contributed by atoms with Gasteiger partial charge < -0.3 is 18.9 Å². The maximum Gasteiger partial charge on any atom is 0.254 e. The lowest BCUT2D eigenvalue weighted by atomic mass is 10.0. The van der Waals surface area contributed by atoms with Crippen molar-refractivity contribution in [2.45, 2.75) is 26.9 Å². The molecule has 0 saturated carbocycles. The zero-order valence-corrected chi connectivity index (χ0v) is 19.6. The molecule has 2 heterocycles. The molecule has 6 nitrogen and oxygen atoms in total. The molecule has 0 bridgehead atoms. The zero-order valence-electron chi connectivity index (χ0n) is 18.9. The lowest BCUT2D eigenvalue weighted by Crippen LogP contribution is -2.30. The second kappa shape index (κ2) is 9.23. The molecule has 1 aromatic heterocycles. The molecule has 0 saturated heterocycles. The fourth-order valence-corrected chi connectivity index (χ4v) is 4.16. The summed E-state index contributed by atoms with van der Waals surface area (Å²) < 4.78 is 16.5. The van der Waals surface area contributed by atoms with Crippen LogP contribution in [0.4, 0.5) is 0 Å². The lowest BCUT2D eigenvalue weighted by Gasteiger charge is -2.22. The number of fused-ring (bicyclic) bond motifs is 1. The first-order valence-corrected chi connectivity index (χ1v) is 11.3. The minimum atomic E-state index is -0.134. The van der Waals surface area contributed by atoms with E-state index in [0.717, 1.165) is 16.7 Å². The van der Waals surface area contributed by atoms with Crippen molar-refractivity contribution in [3.05, 3.63) is 99.7 Å². The number of hydrogen-bond acceptors (Lipinski definition) is 5. The van der Waals surface area contributed by atoms with E-state index in [1.807, 2.05) is 43.3 Å². The lowest BCUT2D eigenvalue weighted by molar-refractivity contribution is 0.0726. The third-order valence-electron chi connectivity index (χ3n) is 5.75. The normalized spacial score (nSPS) is 12.1. The van der Waals surface area contributed by atoms with Crippen molar-refractivity contribution < 1.29 is 18.8 Å². The number of ether oxygens (including phenoxy) is 2. The van der Waals surface area contributed by atoms with Crippen LogP contribution in [0.2, 0.25) is 5.02 Å². The molecule has 3 aromatic carbocycles. The topological polar surface area (TPSA) is 64.8 Å². The summed E-state index contributed by atoms with van der Waals surface area (Å²) in [6.45, 7) is 4.94. The first kappa shape index (κ1) is 22.0. The average Bonchev–Trinajstić information content (AvgIpc) is 3.48. The molecule has 0 fully saturated rings. The van der Waals surface area contributed by atoms with Crippen LogP contribution >= 0.6 is 11.6 Å². The number of rotatable bonds is 6. The van der Waals surface area contributed by atoms with E-state index in [4.69, 9.17) is 25.6 Å². The van der Waals surface area contributed by atoms with Crippen LogP contribution in [0.1, 0.15) is 32.7 Å². The van der Waals surface area contributed by atoms with Gasteiger partial charge in [0.15, 0.2) is 17.3 Å². The van der Waals surface area contributed by atoms with Crippen molar-refractivity contribution in [2.75, 3.05) is 6.79 Å². The highest BCUT2D eigenvalue weighted by molar-refractivity contribution is 6.30. The summed E-state index contributed by atoms with van der Waals surface area (Å²) >= 11 is 6.02. The Kier molecular flexibility index (Phi) is 5.99. The van der Waals surface area contributed by atoms with Gasteiger partial charge in [-0.3, -0.25) is 4.79 Å². The summed E-state index contributed by atoms with van der Waals surface area (Å²) in [5.74, 6) is 1.92. The summed E-state index contributed by atoms with van der Waals surface area (Å²) in [4.78, 5) is 15.2. The molecule has 1 aliphatic heterocycles. The van der Waals surface area contributed by atoms with Crippen LogP contribution in [0.5, 0.6) is 11.5 Å². The van der Waals surface area contributed by atoms with Crippen LogP contribution < -0.4 is 9.47 Å². The number of aryl methyl sites for hydroxylation is 2. The first-order valence-electron chi connectivity index (χ1n) is 10.9. The molecular formula is C27H23ClN2O4. The van der Waals surface area contributed by atoms with Gasteiger partial charge in [-0.2, -0.15) is 0 Å². The molecule has 7 heteroatoms. The van der Waals surface area contributed by atoms with E-state index in [1.165, 1.54) is 5.56 Å². The van der Waals surface area contributed by atoms with Crippen molar-refractivity contribution in [1.29, 1.82) is 0 Å². The van der Waals surface area contributed by atoms with Crippen LogP contribution in [0, 0.1) is 13.8 Å². The Morgan fingerprint density at radius 3 is 2.53 bits per heavy atom. The minimum Gasteiger partial charge on any atom is -0.454 e. The molecule has 172 valence electrons. The Labute approximate surface area is 202 Å². The molecule has 34 heavy (non-hydrogen) atoms. The van der Waals surface area contributed by atoms with Gasteiger partial charge >= 0.3 is 0 Å². The summed E-state index contributed by atoms with van der Waals surface area (Å²) in [7, 11) is 0. The third-order valence-corrected chi connectivity index (χ3v) is 6.00. The Balaban J connectivity index is 1.43. The number of halogens is 1. The van der Waals surface area contributed by atoms with Crippen molar-refractivity contribution >= 4 is 17.5 Å². The molecule has 1 amide bonds. The van der Waals surface area contributed by atoms with E-state index in [0.29, 0.717) is 40.1 Å².